The molecule has 2 rings (SSSR count). The summed E-state index contributed by atoms with van der Waals surface area (Å²) in [5, 5.41) is 9.94. The third-order valence-electron chi connectivity index (χ3n) is 3.16. The van der Waals surface area contributed by atoms with E-state index < -0.39 is 17.5 Å². The molecule has 0 bridgehead atoms. The molecule has 1 aromatic rings. The number of aliphatic hydroxyl groups is 1. The SMILES string of the molecule is COC(=O)C(O)C1(c2ccc(Br)cc2)CC1. The quantitative estimate of drug-likeness (QED) is 0.864. The molecule has 0 heterocycles. The molecule has 1 aliphatic carbocycles. The van der Waals surface area contributed by atoms with Crippen molar-refractivity contribution >= 4 is 21.9 Å². The van der Waals surface area contributed by atoms with E-state index in [0.717, 1.165) is 22.9 Å². The van der Waals surface area contributed by atoms with E-state index in [9.17, 15) is 9.90 Å². The van der Waals surface area contributed by atoms with Crippen LogP contribution in [0.2, 0.25) is 0 Å². The monoisotopic (exact) mass is 284 g/mol. The second-order valence-corrected chi connectivity index (χ2v) is 5.00. The molecule has 1 aromatic carbocycles. The lowest BCUT2D eigenvalue weighted by molar-refractivity contribution is -0.152. The third kappa shape index (κ3) is 1.87. The molecule has 0 amide bonds. The summed E-state index contributed by atoms with van der Waals surface area (Å²) in [6.07, 6.45) is 0.592. The van der Waals surface area contributed by atoms with Crippen LogP contribution in [0.15, 0.2) is 28.7 Å². The molecule has 0 radical (unpaired) electrons. The van der Waals surface area contributed by atoms with E-state index in [4.69, 9.17) is 0 Å². The molecule has 1 unspecified atom stereocenters. The second-order valence-electron chi connectivity index (χ2n) is 4.09. The Bertz CT molecular complexity index is 395. The highest BCUT2D eigenvalue weighted by Gasteiger charge is 2.53. The number of carbonyl (C=O) groups excluding carboxylic acids is 1. The van der Waals surface area contributed by atoms with Gasteiger partial charge in [-0.25, -0.2) is 4.79 Å². The molecule has 3 nitrogen and oxygen atoms in total. The van der Waals surface area contributed by atoms with E-state index in [1.165, 1.54) is 7.11 Å². The Hall–Kier alpha value is -0.870. The molecule has 0 spiro atoms. The predicted octanol–water partition coefficient (Wildman–Crippen LogP) is 2.01. The standard InChI is InChI=1S/C12H13BrO3/c1-16-11(15)10(14)12(6-7-12)8-2-4-9(13)5-3-8/h2-5,10,14H,6-7H2,1H3. The molecule has 1 N–H and O–H groups in total. The van der Waals surface area contributed by atoms with E-state index in [0.29, 0.717) is 0 Å². The van der Waals surface area contributed by atoms with Gasteiger partial charge in [-0.2, -0.15) is 0 Å². The van der Waals surface area contributed by atoms with Crippen molar-refractivity contribution in [3.63, 3.8) is 0 Å². The van der Waals surface area contributed by atoms with Crippen molar-refractivity contribution in [3.05, 3.63) is 34.3 Å². The van der Waals surface area contributed by atoms with Gasteiger partial charge in [0.15, 0.2) is 6.10 Å². The maximum Gasteiger partial charge on any atom is 0.335 e. The zero-order chi connectivity index (χ0) is 11.8. The van der Waals surface area contributed by atoms with Gasteiger partial charge in [-0.1, -0.05) is 28.1 Å². The lowest BCUT2D eigenvalue weighted by Gasteiger charge is -2.20. The van der Waals surface area contributed by atoms with Crippen LogP contribution in [0.1, 0.15) is 18.4 Å². The maximum atomic E-state index is 11.4. The molecule has 1 atom stereocenters. The Morgan fingerprint density at radius 2 is 2.00 bits per heavy atom. The number of hydrogen-bond acceptors (Lipinski definition) is 3. The van der Waals surface area contributed by atoms with Crippen LogP contribution in [0.3, 0.4) is 0 Å². The number of ether oxygens (including phenoxy) is 1. The maximum absolute atomic E-state index is 11.4. The number of rotatable bonds is 3. The third-order valence-corrected chi connectivity index (χ3v) is 3.68. The van der Waals surface area contributed by atoms with Gasteiger partial charge in [-0.3, -0.25) is 0 Å². The summed E-state index contributed by atoms with van der Waals surface area (Å²) in [7, 11) is 1.29. The summed E-state index contributed by atoms with van der Waals surface area (Å²) < 4.78 is 5.57. The average Bonchev–Trinajstić information content (AvgIpc) is 3.09. The van der Waals surface area contributed by atoms with Crippen LogP contribution in [0.4, 0.5) is 0 Å². The molecule has 1 aliphatic rings. The van der Waals surface area contributed by atoms with Gasteiger partial charge >= 0.3 is 5.97 Å². The number of hydrogen-bond donors (Lipinski definition) is 1. The van der Waals surface area contributed by atoms with Crippen LogP contribution in [0.5, 0.6) is 0 Å². The van der Waals surface area contributed by atoms with Crippen molar-refractivity contribution in [2.24, 2.45) is 0 Å². The molecule has 4 heteroatoms. The van der Waals surface area contributed by atoms with Crippen LogP contribution in [-0.4, -0.2) is 24.3 Å². The molecular weight excluding hydrogens is 272 g/mol. The van der Waals surface area contributed by atoms with Crippen molar-refractivity contribution in [3.8, 4) is 0 Å². The zero-order valence-electron chi connectivity index (χ0n) is 8.94. The number of carbonyl (C=O) groups is 1. The number of halogens is 1. The van der Waals surface area contributed by atoms with E-state index in [2.05, 4.69) is 20.7 Å². The summed E-state index contributed by atoms with van der Waals surface area (Å²) in [6.45, 7) is 0. The Kier molecular flexibility index (Phi) is 3.04. The fourth-order valence-corrected chi connectivity index (χ4v) is 2.24. The predicted molar refractivity (Wildman–Crippen MR) is 63.1 cm³/mol. The average molecular weight is 285 g/mol. The van der Waals surface area contributed by atoms with Gasteiger partial charge in [0, 0.05) is 9.89 Å². The topological polar surface area (TPSA) is 46.5 Å². The molecule has 16 heavy (non-hydrogen) atoms. The van der Waals surface area contributed by atoms with E-state index >= 15 is 0 Å². The Balaban J connectivity index is 2.26. The molecule has 0 aliphatic heterocycles. The minimum atomic E-state index is -1.06. The fourth-order valence-electron chi connectivity index (χ4n) is 1.97. The molecule has 1 saturated carbocycles. The van der Waals surface area contributed by atoms with Crippen LogP contribution in [0, 0.1) is 0 Å². The Morgan fingerprint density at radius 1 is 1.44 bits per heavy atom. The summed E-state index contributed by atoms with van der Waals surface area (Å²) >= 11 is 3.36. The van der Waals surface area contributed by atoms with Gasteiger partial charge < -0.3 is 9.84 Å². The van der Waals surface area contributed by atoms with E-state index in [1.54, 1.807) is 0 Å². The first-order valence-electron chi connectivity index (χ1n) is 5.12. The molecule has 1 fully saturated rings. The molecule has 86 valence electrons. The first kappa shape index (κ1) is 11.6. The van der Waals surface area contributed by atoms with Crippen molar-refractivity contribution in [1.82, 2.24) is 0 Å². The smallest absolute Gasteiger partial charge is 0.335 e. The zero-order valence-corrected chi connectivity index (χ0v) is 10.5. The second kappa shape index (κ2) is 4.18. The van der Waals surface area contributed by atoms with Crippen LogP contribution >= 0.6 is 15.9 Å². The molecule has 0 aromatic heterocycles. The van der Waals surface area contributed by atoms with Gasteiger partial charge in [-0.15, -0.1) is 0 Å². The number of methoxy groups -OCH3 is 1. The first-order chi connectivity index (χ1) is 7.60. The summed E-state index contributed by atoms with van der Waals surface area (Å²) in [5.41, 5.74) is 0.571. The van der Waals surface area contributed by atoms with E-state index in [-0.39, 0.29) is 0 Å². The molecule has 0 saturated heterocycles. The van der Waals surface area contributed by atoms with Crippen molar-refractivity contribution < 1.29 is 14.6 Å². The van der Waals surface area contributed by atoms with Crippen LogP contribution < -0.4 is 0 Å². The van der Waals surface area contributed by atoms with Gasteiger partial charge in [0.1, 0.15) is 0 Å². The fraction of sp³-hybridized carbons (Fsp3) is 0.417. The Morgan fingerprint density at radius 3 is 2.44 bits per heavy atom. The van der Waals surface area contributed by atoms with Gasteiger partial charge in [0.25, 0.3) is 0 Å². The van der Waals surface area contributed by atoms with Crippen molar-refractivity contribution in [2.45, 2.75) is 24.4 Å². The lowest BCUT2D eigenvalue weighted by atomic mass is 9.90. The van der Waals surface area contributed by atoms with E-state index in [1.807, 2.05) is 24.3 Å². The minimum absolute atomic E-state index is 0.423. The van der Waals surface area contributed by atoms with Gasteiger partial charge in [0.2, 0.25) is 0 Å². The highest BCUT2D eigenvalue weighted by molar-refractivity contribution is 9.10. The summed E-state index contributed by atoms with van der Waals surface area (Å²) in [5.74, 6) is -0.555. The highest BCUT2D eigenvalue weighted by atomic mass is 79.9. The molecular formula is C12H13BrO3. The van der Waals surface area contributed by atoms with Crippen LogP contribution in [-0.2, 0) is 14.9 Å². The lowest BCUT2D eigenvalue weighted by Crippen LogP contribution is -2.34. The van der Waals surface area contributed by atoms with Gasteiger partial charge in [-0.05, 0) is 30.5 Å². The Labute approximate surface area is 103 Å². The largest absolute Gasteiger partial charge is 0.467 e. The van der Waals surface area contributed by atoms with Gasteiger partial charge in [0.05, 0.1) is 7.11 Å². The number of esters is 1. The normalized spacial score (nSPS) is 18.9. The first-order valence-corrected chi connectivity index (χ1v) is 5.91. The number of benzene rings is 1. The summed E-state index contributed by atoms with van der Waals surface area (Å²) in [4.78, 5) is 11.4. The van der Waals surface area contributed by atoms with Crippen molar-refractivity contribution in [2.75, 3.05) is 7.11 Å². The summed E-state index contributed by atoms with van der Waals surface area (Å²) in [6, 6.07) is 7.70. The van der Waals surface area contributed by atoms with Crippen LogP contribution in [0.25, 0.3) is 0 Å². The number of aliphatic hydroxyl groups excluding tert-OH is 1. The minimum Gasteiger partial charge on any atom is -0.467 e. The van der Waals surface area contributed by atoms with Crippen molar-refractivity contribution in [1.29, 1.82) is 0 Å². The highest BCUT2D eigenvalue weighted by Crippen LogP contribution is 2.51.